The summed E-state index contributed by atoms with van der Waals surface area (Å²) in [5.74, 6) is -0.488. The second-order valence-electron chi connectivity index (χ2n) is 6.59. The zero-order valence-electron chi connectivity index (χ0n) is 15.0. The maximum atomic E-state index is 12.7. The Morgan fingerprint density at radius 2 is 2.31 bits per heavy atom. The summed E-state index contributed by atoms with van der Waals surface area (Å²) in [5.41, 5.74) is 7.08. The number of carbonyl (C=O) groups excluding carboxylic acids is 2. The predicted octanol–water partition coefficient (Wildman–Crippen LogP) is 2.83. The third kappa shape index (κ3) is 4.31. The standard InChI is InChI=1S/C18H25N5O2S/c1-2-3-7-23-8-5-4-6-15(23)17(25)22-18-21-14(11-26-18)12-9-13(16(19)24)20-10-12/h9-11,15,20H,2-8H2,1H3,(H2,19,24)(H,21,22,25)/t15-/m0/s1. The number of carbonyl (C=O) groups is 2. The Morgan fingerprint density at radius 1 is 1.46 bits per heavy atom. The summed E-state index contributed by atoms with van der Waals surface area (Å²) in [6.07, 6.45) is 7.07. The van der Waals surface area contributed by atoms with Gasteiger partial charge in [0, 0.05) is 17.1 Å². The van der Waals surface area contributed by atoms with Crippen molar-refractivity contribution in [1.82, 2.24) is 14.9 Å². The van der Waals surface area contributed by atoms with Gasteiger partial charge >= 0.3 is 0 Å². The lowest BCUT2D eigenvalue weighted by atomic mass is 10.0. The molecule has 0 radical (unpaired) electrons. The van der Waals surface area contributed by atoms with Gasteiger partial charge in [-0.1, -0.05) is 19.8 Å². The summed E-state index contributed by atoms with van der Waals surface area (Å²) in [6, 6.07) is 1.59. The third-order valence-electron chi connectivity index (χ3n) is 4.69. The maximum absolute atomic E-state index is 12.7. The smallest absolute Gasteiger partial charge is 0.265 e. The molecule has 3 rings (SSSR count). The molecule has 4 N–H and O–H groups in total. The van der Waals surface area contributed by atoms with Crippen LogP contribution in [0, 0.1) is 0 Å². The highest BCUT2D eigenvalue weighted by Crippen LogP contribution is 2.26. The second kappa shape index (κ2) is 8.46. The van der Waals surface area contributed by atoms with E-state index in [-0.39, 0.29) is 11.9 Å². The number of aromatic nitrogens is 2. The van der Waals surface area contributed by atoms with Gasteiger partial charge in [0.2, 0.25) is 5.91 Å². The first kappa shape index (κ1) is 18.6. The molecule has 2 aromatic heterocycles. The number of likely N-dealkylation sites (tertiary alicyclic amines) is 1. The minimum Gasteiger partial charge on any atom is -0.364 e. The van der Waals surface area contributed by atoms with Crippen LogP contribution in [0.25, 0.3) is 11.3 Å². The number of nitrogens with zero attached hydrogens (tertiary/aromatic N) is 2. The van der Waals surface area contributed by atoms with Gasteiger partial charge in [-0.2, -0.15) is 0 Å². The lowest BCUT2D eigenvalue weighted by Crippen LogP contribution is -2.47. The maximum Gasteiger partial charge on any atom is 0.265 e. The summed E-state index contributed by atoms with van der Waals surface area (Å²) in [5, 5.41) is 5.40. The molecular formula is C18H25N5O2S. The van der Waals surface area contributed by atoms with Crippen molar-refractivity contribution in [1.29, 1.82) is 0 Å². The highest BCUT2D eigenvalue weighted by molar-refractivity contribution is 7.14. The van der Waals surface area contributed by atoms with Crippen LogP contribution in [0.1, 0.15) is 49.5 Å². The Kier molecular flexibility index (Phi) is 6.05. The highest BCUT2D eigenvalue weighted by Gasteiger charge is 2.28. The van der Waals surface area contributed by atoms with Crippen molar-refractivity contribution in [3.63, 3.8) is 0 Å². The molecule has 0 bridgehead atoms. The fourth-order valence-electron chi connectivity index (χ4n) is 3.25. The number of unbranched alkanes of at least 4 members (excludes halogenated alkanes) is 1. The van der Waals surface area contributed by atoms with E-state index in [1.807, 2.05) is 5.38 Å². The van der Waals surface area contributed by atoms with Crippen molar-refractivity contribution >= 4 is 28.3 Å². The van der Waals surface area contributed by atoms with Gasteiger partial charge in [0.25, 0.3) is 5.91 Å². The minimum absolute atomic E-state index is 0.0218. The first-order chi connectivity index (χ1) is 12.6. The Labute approximate surface area is 157 Å². The van der Waals surface area contributed by atoms with Crippen LogP contribution < -0.4 is 11.1 Å². The van der Waals surface area contributed by atoms with E-state index in [9.17, 15) is 9.59 Å². The van der Waals surface area contributed by atoms with Crippen LogP contribution in [0.2, 0.25) is 0 Å². The summed E-state index contributed by atoms with van der Waals surface area (Å²) in [6.45, 7) is 4.12. The largest absolute Gasteiger partial charge is 0.364 e. The molecule has 8 heteroatoms. The van der Waals surface area contributed by atoms with Gasteiger partial charge in [-0.3, -0.25) is 14.5 Å². The van der Waals surface area contributed by atoms with E-state index in [2.05, 4.69) is 27.1 Å². The number of rotatable bonds is 7. The predicted molar refractivity (Wildman–Crippen MR) is 103 cm³/mol. The van der Waals surface area contributed by atoms with Gasteiger partial charge in [-0.25, -0.2) is 4.98 Å². The van der Waals surface area contributed by atoms with Crippen LogP contribution >= 0.6 is 11.3 Å². The lowest BCUT2D eigenvalue weighted by Gasteiger charge is -2.34. The second-order valence-corrected chi connectivity index (χ2v) is 7.45. The molecule has 140 valence electrons. The van der Waals surface area contributed by atoms with E-state index in [1.165, 1.54) is 11.3 Å². The van der Waals surface area contributed by atoms with E-state index in [4.69, 9.17) is 5.73 Å². The average Bonchev–Trinajstić information content (AvgIpc) is 3.29. The van der Waals surface area contributed by atoms with Gasteiger partial charge in [0.1, 0.15) is 5.69 Å². The molecule has 1 atom stereocenters. The molecule has 1 saturated heterocycles. The number of anilines is 1. The quantitative estimate of drug-likeness (QED) is 0.692. The van der Waals surface area contributed by atoms with Gasteiger partial charge in [0.05, 0.1) is 11.7 Å². The van der Waals surface area contributed by atoms with Gasteiger partial charge in [-0.15, -0.1) is 11.3 Å². The molecule has 3 heterocycles. The Bertz CT molecular complexity index is 769. The van der Waals surface area contributed by atoms with Crippen LogP contribution in [0.4, 0.5) is 5.13 Å². The van der Waals surface area contributed by atoms with Crippen LogP contribution in [-0.4, -0.2) is 45.8 Å². The molecular weight excluding hydrogens is 350 g/mol. The van der Waals surface area contributed by atoms with Crippen molar-refractivity contribution in [2.75, 3.05) is 18.4 Å². The number of H-pyrrole nitrogens is 1. The molecule has 1 aliphatic heterocycles. The van der Waals surface area contributed by atoms with Gasteiger partial charge in [0.15, 0.2) is 5.13 Å². The fourth-order valence-corrected chi connectivity index (χ4v) is 3.98. The topological polar surface area (TPSA) is 104 Å². The van der Waals surface area contributed by atoms with Crippen molar-refractivity contribution in [3.05, 3.63) is 23.3 Å². The van der Waals surface area contributed by atoms with E-state index in [1.54, 1.807) is 12.3 Å². The number of primary amides is 1. The number of amides is 2. The number of aromatic amines is 1. The molecule has 1 fully saturated rings. The Hall–Kier alpha value is -2.19. The highest BCUT2D eigenvalue weighted by atomic mass is 32.1. The molecule has 0 saturated carbocycles. The molecule has 1 aliphatic rings. The summed E-state index contributed by atoms with van der Waals surface area (Å²) >= 11 is 1.38. The number of piperidine rings is 1. The van der Waals surface area contributed by atoms with E-state index >= 15 is 0 Å². The lowest BCUT2D eigenvalue weighted by molar-refractivity contribution is -0.122. The Morgan fingerprint density at radius 3 is 3.04 bits per heavy atom. The van der Waals surface area contributed by atoms with Gasteiger partial charge < -0.3 is 16.0 Å². The van der Waals surface area contributed by atoms with Crippen LogP contribution in [0.5, 0.6) is 0 Å². The summed E-state index contributed by atoms with van der Waals surface area (Å²) in [4.78, 5) is 33.5. The van der Waals surface area contributed by atoms with Crippen molar-refractivity contribution < 1.29 is 9.59 Å². The molecule has 0 spiro atoms. The molecule has 0 unspecified atom stereocenters. The van der Waals surface area contributed by atoms with Crippen molar-refractivity contribution in [2.45, 2.75) is 45.1 Å². The number of thiazole rings is 1. The third-order valence-corrected chi connectivity index (χ3v) is 5.45. The number of nitrogens with one attached hydrogen (secondary N) is 2. The van der Waals surface area contributed by atoms with Crippen molar-refractivity contribution in [3.8, 4) is 11.3 Å². The van der Waals surface area contributed by atoms with E-state index in [0.717, 1.165) is 50.8 Å². The van der Waals surface area contributed by atoms with Crippen LogP contribution in [-0.2, 0) is 4.79 Å². The van der Waals surface area contributed by atoms with E-state index in [0.29, 0.717) is 16.5 Å². The first-order valence-corrected chi connectivity index (χ1v) is 9.95. The molecule has 2 amide bonds. The zero-order valence-corrected chi connectivity index (χ0v) is 15.8. The van der Waals surface area contributed by atoms with Crippen molar-refractivity contribution in [2.24, 2.45) is 5.73 Å². The Balaban J connectivity index is 1.65. The fraction of sp³-hybridized carbons (Fsp3) is 0.500. The summed E-state index contributed by atoms with van der Waals surface area (Å²) in [7, 11) is 0. The minimum atomic E-state index is -0.510. The van der Waals surface area contributed by atoms with Crippen LogP contribution in [0.3, 0.4) is 0 Å². The van der Waals surface area contributed by atoms with Crippen LogP contribution in [0.15, 0.2) is 17.6 Å². The first-order valence-electron chi connectivity index (χ1n) is 9.07. The average molecular weight is 375 g/mol. The van der Waals surface area contributed by atoms with E-state index < -0.39 is 5.91 Å². The number of hydrogen-bond acceptors (Lipinski definition) is 5. The van der Waals surface area contributed by atoms with Gasteiger partial charge in [-0.05, 0) is 38.4 Å². The zero-order chi connectivity index (χ0) is 18.5. The summed E-state index contributed by atoms with van der Waals surface area (Å²) < 4.78 is 0. The monoisotopic (exact) mass is 375 g/mol. The molecule has 26 heavy (non-hydrogen) atoms. The molecule has 0 aliphatic carbocycles. The number of hydrogen-bond donors (Lipinski definition) is 3. The molecule has 2 aromatic rings. The molecule has 7 nitrogen and oxygen atoms in total. The molecule has 0 aromatic carbocycles. The SMILES string of the molecule is CCCCN1CCCC[C@H]1C(=O)Nc1nc(-c2c[nH]c(C(N)=O)c2)cs1. The number of nitrogens with two attached hydrogens (primary N) is 1. The normalized spacial score (nSPS) is 18.0.